The van der Waals surface area contributed by atoms with Gasteiger partial charge < -0.3 is 5.11 Å². The van der Waals surface area contributed by atoms with Crippen molar-refractivity contribution >= 4 is 5.97 Å². The van der Waals surface area contributed by atoms with Gasteiger partial charge in [-0.3, -0.25) is 9.69 Å². The van der Waals surface area contributed by atoms with Crippen LogP contribution in [-0.4, -0.2) is 22.5 Å². The van der Waals surface area contributed by atoms with E-state index >= 15 is 0 Å². The number of benzene rings is 2. The number of carboxylic acids is 1. The molecular weight excluding hydrogens is 505 g/mol. The van der Waals surface area contributed by atoms with Crippen LogP contribution in [-0.2, 0) is 29.9 Å². The van der Waals surface area contributed by atoms with E-state index in [4.69, 9.17) is 5.11 Å². The van der Waals surface area contributed by atoms with Crippen molar-refractivity contribution in [1.29, 1.82) is 0 Å². The molecule has 0 unspecified atom stereocenters. The minimum atomic E-state index is -4.91. The van der Waals surface area contributed by atoms with E-state index in [1.165, 1.54) is 17.0 Å². The Morgan fingerprint density at radius 2 is 1.44 bits per heavy atom. The quantitative estimate of drug-likeness (QED) is 0.394. The second kappa shape index (κ2) is 10.3. The molecule has 3 rings (SSSR count). The Balaban J connectivity index is 1.97. The largest absolute Gasteiger partial charge is 0.481 e. The third kappa shape index (κ3) is 6.92. The lowest BCUT2D eigenvalue weighted by molar-refractivity contribution is -0.142. The fraction of sp³-hybridized carbons (Fsp3) is 0.458. The standard InChI is InChI=1S/C24H22F9NO2/c25-22(26,27)17-4-2-15(3-5-17)20-11-14(1-8-21(35)36)9-10-34(20)13-16-12-18(23(28,29)30)6-7-19(16)24(31,32)33/h2-7,12,14,20H,1,8-11,13H2,(H,35,36)/t14-,20+/m1/s1. The number of halogens is 9. The molecule has 2 aromatic carbocycles. The fourth-order valence-electron chi connectivity index (χ4n) is 4.50. The second-order valence-corrected chi connectivity index (χ2v) is 8.80. The Labute approximate surface area is 200 Å². The minimum absolute atomic E-state index is 0.128. The molecule has 198 valence electrons. The summed E-state index contributed by atoms with van der Waals surface area (Å²) in [5.41, 5.74) is -3.64. The highest BCUT2D eigenvalue weighted by Crippen LogP contribution is 2.41. The van der Waals surface area contributed by atoms with E-state index in [2.05, 4.69) is 0 Å². The van der Waals surface area contributed by atoms with Crippen molar-refractivity contribution in [1.82, 2.24) is 4.90 Å². The van der Waals surface area contributed by atoms with E-state index in [-0.39, 0.29) is 31.7 Å². The van der Waals surface area contributed by atoms with Crippen molar-refractivity contribution in [3.8, 4) is 0 Å². The molecule has 1 saturated heterocycles. The Kier molecular flexibility index (Phi) is 7.97. The van der Waals surface area contributed by atoms with Gasteiger partial charge in [0.2, 0.25) is 0 Å². The van der Waals surface area contributed by atoms with Crippen LogP contribution in [0.1, 0.15) is 59.5 Å². The number of nitrogens with zero attached hydrogens (tertiary/aromatic N) is 1. The Hall–Kier alpha value is -2.76. The first-order chi connectivity index (χ1) is 16.6. The molecule has 1 heterocycles. The molecular formula is C24H22F9NO2. The average Bonchev–Trinajstić information content (AvgIpc) is 2.76. The van der Waals surface area contributed by atoms with Gasteiger partial charge in [0.15, 0.2) is 0 Å². The molecule has 12 heteroatoms. The summed E-state index contributed by atoms with van der Waals surface area (Å²) in [4.78, 5) is 12.5. The number of piperidine rings is 1. The topological polar surface area (TPSA) is 40.5 Å². The van der Waals surface area contributed by atoms with E-state index in [1.54, 1.807) is 0 Å². The van der Waals surface area contributed by atoms with Crippen molar-refractivity contribution < 1.29 is 49.4 Å². The van der Waals surface area contributed by atoms with Gasteiger partial charge in [-0.1, -0.05) is 12.1 Å². The van der Waals surface area contributed by atoms with Crippen LogP contribution in [0.25, 0.3) is 0 Å². The van der Waals surface area contributed by atoms with Crippen molar-refractivity contribution in [3.05, 3.63) is 70.3 Å². The third-order valence-electron chi connectivity index (χ3n) is 6.32. The van der Waals surface area contributed by atoms with Crippen molar-refractivity contribution in [2.45, 2.75) is 56.8 Å². The maximum absolute atomic E-state index is 13.6. The first kappa shape index (κ1) is 27.8. The number of carboxylic acid groups (broad SMARTS) is 1. The monoisotopic (exact) mass is 527 g/mol. The molecule has 0 amide bonds. The Morgan fingerprint density at radius 3 is 1.97 bits per heavy atom. The molecule has 0 bridgehead atoms. The summed E-state index contributed by atoms with van der Waals surface area (Å²) in [7, 11) is 0. The Morgan fingerprint density at radius 1 is 0.861 bits per heavy atom. The molecule has 1 N–H and O–H groups in total. The van der Waals surface area contributed by atoms with Crippen LogP contribution in [0.5, 0.6) is 0 Å². The van der Waals surface area contributed by atoms with Gasteiger partial charge >= 0.3 is 24.5 Å². The first-order valence-corrected chi connectivity index (χ1v) is 11.0. The highest BCUT2D eigenvalue weighted by molar-refractivity contribution is 5.66. The van der Waals surface area contributed by atoms with Crippen LogP contribution in [0.3, 0.4) is 0 Å². The molecule has 1 fully saturated rings. The summed E-state index contributed by atoms with van der Waals surface area (Å²) in [6, 6.07) is 4.52. The minimum Gasteiger partial charge on any atom is -0.481 e. The zero-order valence-corrected chi connectivity index (χ0v) is 18.6. The summed E-state index contributed by atoms with van der Waals surface area (Å²) in [6.07, 6.45) is -13.7. The lowest BCUT2D eigenvalue weighted by Crippen LogP contribution is -2.37. The van der Waals surface area contributed by atoms with Gasteiger partial charge in [-0.05, 0) is 73.2 Å². The smallest absolute Gasteiger partial charge is 0.416 e. The predicted molar refractivity (Wildman–Crippen MR) is 111 cm³/mol. The maximum Gasteiger partial charge on any atom is 0.416 e. The molecule has 0 aromatic heterocycles. The zero-order valence-electron chi connectivity index (χ0n) is 18.6. The predicted octanol–water partition coefficient (Wildman–Crippen LogP) is 7.56. The number of hydrogen-bond acceptors (Lipinski definition) is 2. The van der Waals surface area contributed by atoms with Crippen LogP contribution in [0.4, 0.5) is 39.5 Å². The van der Waals surface area contributed by atoms with E-state index in [0.29, 0.717) is 30.2 Å². The van der Waals surface area contributed by atoms with Crippen LogP contribution in [0, 0.1) is 5.92 Å². The van der Waals surface area contributed by atoms with Gasteiger partial charge in [0, 0.05) is 19.0 Å². The van der Waals surface area contributed by atoms with Crippen LogP contribution in [0.15, 0.2) is 42.5 Å². The molecule has 0 spiro atoms. The van der Waals surface area contributed by atoms with Crippen LogP contribution >= 0.6 is 0 Å². The summed E-state index contributed by atoms with van der Waals surface area (Å²) < 4.78 is 119. The molecule has 0 radical (unpaired) electrons. The fourth-order valence-corrected chi connectivity index (χ4v) is 4.50. The van der Waals surface area contributed by atoms with Crippen molar-refractivity contribution in [2.75, 3.05) is 6.54 Å². The SMILES string of the molecule is O=C(O)CC[C@@H]1CCN(Cc2cc(C(F)(F)F)ccc2C(F)(F)F)[C@H](c2ccc(C(F)(F)F)cc2)C1. The normalized spacial score (nSPS) is 19.9. The van der Waals surface area contributed by atoms with Gasteiger partial charge in [0.25, 0.3) is 0 Å². The summed E-state index contributed by atoms with van der Waals surface area (Å²) in [5, 5.41) is 8.96. The van der Waals surface area contributed by atoms with Gasteiger partial charge in [-0.25, -0.2) is 0 Å². The molecule has 3 nitrogen and oxygen atoms in total. The number of rotatable bonds is 6. The molecule has 0 saturated carbocycles. The highest BCUT2D eigenvalue weighted by atomic mass is 19.4. The van der Waals surface area contributed by atoms with E-state index < -0.39 is 59.3 Å². The summed E-state index contributed by atoms with van der Waals surface area (Å²) in [5.74, 6) is -1.21. The molecule has 2 aromatic rings. The maximum atomic E-state index is 13.6. The molecule has 2 atom stereocenters. The van der Waals surface area contributed by atoms with E-state index in [9.17, 15) is 44.3 Å². The number of likely N-dealkylation sites (tertiary alicyclic amines) is 1. The molecule has 0 aliphatic carbocycles. The summed E-state index contributed by atoms with van der Waals surface area (Å²) >= 11 is 0. The summed E-state index contributed by atoms with van der Waals surface area (Å²) in [6.45, 7) is -0.389. The number of carbonyl (C=O) groups is 1. The Bertz CT molecular complexity index is 1060. The average molecular weight is 527 g/mol. The molecule has 36 heavy (non-hydrogen) atoms. The van der Waals surface area contributed by atoms with Gasteiger partial charge in [0.05, 0.1) is 16.7 Å². The highest BCUT2D eigenvalue weighted by Gasteiger charge is 2.39. The zero-order chi connectivity index (χ0) is 26.9. The van der Waals surface area contributed by atoms with Gasteiger partial charge in [0.1, 0.15) is 0 Å². The van der Waals surface area contributed by atoms with E-state index in [1.807, 2.05) is 0 Å². The molecule has 1 aliphatic heterocycles. The van der Waals surface area contributed by atoms with Gasteiger partial charge in [-0.15, -0.1) is 0 Å². The van der Waals surface area contributed by atoms with Crippen LogP contribution in [0.2, 0.25) is 0 Å². The number of aliphatic carboxylic acids is 1. The number of alkyl halides is 9. The van der Waals surface area contributed by atoms with Crippen molar-refractivity contribution in [2.24, 2.45) is 5.92 Å². The number of hydrogen-bond donors (Lipinski definition) is 1. The van der Waals surface area contributed by atoms with Gasteiger partial charge in [-0.2, -0.15) is 39.5 Å². The third-order valence-corrected chi connectivity index (χ3v) is 6.32. The molecule has 1 aliphatic rings. The first-order valence-electron chi connectivity index (χ1n) is 11.0. The van der Waals surface area contributed by atoms with Crippen molar-refractivity contribution in [3.63, 3.8) is 0 Å². The lowest BCUT2D eigenvalue weighted by Gasteiger charge is -2.40. The second-order valence-electron chi connectivity index (χ2n) is 8.80. The lowest BCUT2D eigenvalue weighted by atomic mass is 9.84. The van der Waals surface area contributed by atoms with E-state index in [0.717, 1.165) is 12.1 Å². The van der Waals surface area contributed by atoms with Crippen LogP contribution < -0.4 is 0 Å².